The fourth-order valence-electron chi connectivity index (χ4n) is 1.34. The molecule has 0 radical (unpaired) electrons. The van der Waals surface area contributed by atoms with Crippen LogP contribution in [0.5, 0.6) is 0 Å². The summed E-state index contributed by atoms with van der Waals surface area (Å²) < 4.78 is 0. The van der Waals surface area contributed by atoms with Crippen LogP contribution in [0, 0.1) is 11.8 Å². The minimum Gasteiger partial charge on any atom is -0.320 e. The van der Waals surface area contributed by atoms with Crippen LogP contribution in [-0.2, 0) is 0 Å². The van der Waals surface area contributed by atoms with Gasteiger partial charge >= 0.3 is 0 Å². The second kappa shape index (κ2) is 5.61. The molecule has 6 heteroatoms. The molecule has 0 aliphatic heterocycles. The van der Waals surface area contributed by atoms with Crippen LogP contribution in [0.3, 0.4) is 0 Å². The number of hydrogen-bond acceptors (Lipinski definition) is 4. The number of nitrogens with one attached hydrogen (secondary N) is 2. The van der Waals surface area contributed by atoms with Crippen molar-refractivity contribution in [1.29, 1.82) is 0 Å². The lowest BCUT2D eigenvalue weighted by Gasteiger charge is -2.05. The molecule has 0 saturated carbocycles. The summed E-state index contributed by atoms with van der Waals surface area (Å²) in [6.45, 7) is 0.269. The first-order chi connectivity index (χ1) is 8.81. The highest BCUT2D eigenvalue weighted by Gasteiger charge is 2.10. The Hall–Kier alpha value is -2.65. The fourth-order valence-corrected chi connectivity index (χ4v) is 1.34. The maximum Gasteiger partial charge on any atom is 0.277 e. The quantitative estimate of drug-likeness (QED) is 0.662. The zero-order valence-electron chi connectivity index (χ0n) is 9.47. The number of H-pyrrole nitrogens is 1. The average molecular weight is 241 g/mol. The van der Waals surface area contributed by atoms with Gasteiger partial charge in [0.1, 0.15) is 0 Å². The maximum atomic E-state index is 11.8. The predicted molar refractivity (Wildman–Crippen MR) is 66.7 cm³/mol. The van der Waals surface area contributed by atoms with Crippen molar-refractivity contribution in [3.8, 4) is 11.8 Å². The van der Waals surface area contributed by atoms with E-state index in [-0.39, 0.29) is 18.1 Å². The molecular formula is C12H11N5O. The normalized spacial score (nSPS) is 9.39. The second-order valence-electron chi connectivity index (χ2n) is 3.36. The Morgan fingerprint density at radius 2 is 2.28 bits per heavy atom. The number of anilines is 1. The third-order valence-electron chi connectivity index (χ3n) is 2.15. The summed E-state index contributed by atoms with van der Waals surface area (Å²) in [7, 11) is 0. The lowest BCUT2D eigenvalue weighted by atomic mass is 10.2. The third kappa shape index (κ3) is 2.72. The van der Waals surface area contributed by atoms with Gasteiger partial charge in [-0.25, -0.2) is 0 Å². The largest absolute Gasteiger partial charge is 0.320 e. The Morgan fingerprint density at radius 3 is 3.00 bits per heavy atom. The van der Waals surface area contributed by atoms with Crippen LogP contribution in [0.4, 0.5) is 5.69 Å². The molecule has 0 saturated heterocycles. The predicted octanol–water partition coefficient (Wildman–Crippen LogP) is 0.367. The number of rotatable bonds is 2. The van der Waals surface area contributed by atoms with Crippen molar-refractivity contribution in [2.75, 3.05) is 11.9 Å². The fraction of sp³-hybridized carbons (Fsp3) is 0.0833. The first-order valence-electron chi connectivity index (χ1n) is 5.26. The summed E-state index contributed by atoms with van der Waals surface area (Å²) in [4.78, 5) is 11.8. The highest BCUT2D eigenvalue weighted by Crippen LogP contribution is 2.14. The molecule has 1 amide bonds. The number of aromatic nitrogens is 3. The van der Waals surface area contributed by atoms with Crippen LogP contribution in [-0.4, -0.2) is 27.9 Å². The van der Waals surface area contributed by atoms with E-state index in [0.717, 1.165) is 0 Å². The number of carbonyl (C=O) groups is 1. The minimum absolute atomic E-state index is 0.219. The molecule has 0 aliphatic rings. The zero-order valence-corrected chi connectivity index (χ0v) is 9.47. The molecule has 0 aliphatic carbocycles. The van der Waals surface area contributed by atoms with E-state index in [0.29, 0.717) is 11.3 Å². The number of aromatic amines is 1. The van der Waals surface area contributed by atoms with E-state index in [4.69, 9.17) is 5.73 Å². The van der Waals surface area contributed by atoms with Crippen LogP contribution in [0.25, 0.3) is 0 Å². The minimum atomic E-state index is -0.342. The molecule has 0 unspecified atom stereocenters. The van der Waals surface area contributed by atoms with Crippen molar-refractivity contribution in [2.45, 2.75) is 0 Å². The van der Waals surface area contributed by atoms with E-state index in [2.05, 4.69) is 32.6 Å². The molecule has 18 heavy (non-hydrogen) atoms. The second-order valence-corrected chi connectivity index (χ2v) is 3.36. The molecule has 2 aromatic rings. The summed E-state index contributed by atoms with van der Waals surface area (Å²) >= 11 is 0. The summed E-state index contributed by atoms with van der Waals surface area (Å²) in [6, 6.07) is 7.22. The van der Waals surface area contributed by atoms with Crippen molar-refractivity contribution >= 4 is 11.6 Å². The summed E-state index contributed by atoms with van der Waals surface area (Å²) in [6.07, 6.45) is 1.35. The van der Waals surface area contributed by atoms with Gasteiger partial charge in [0.25, 0.3) is 5.91 Å². The van der Waals surface area contributed by atoms with Gasteiger partial charge in [0, 0.05) is 5.56 Å². The highest BCUT2D eigenvalue weighted by atomic mass is 16.2. The Kier molecular flexibility index (Phi) is 3.69. The van der Waals surface area contributed by atoms with Crippen LogP contribution < -0.4 is 11.1 Å². The molecule has 0 atom stereocenters. The molecule has 90 valence electrons. The van der Waals surface area contributed by atoms with Gasteiger partial charge < -0.3 is 11.1 Å². The van der Waals surface area contributed by atoms with E-state index in [1.54, 1.807) is 12.1 Å². The lowest BCUT2D eigenvalue weighted by molar-refractivity contribution is 0.102. The van der Waals surface area contributed by atoms with Gasteiger partial charge in [-0.2, -0.15) is 15.4 Å². The van der Waals surface area contributed by atoms with Crippen molar-refractivity contribution in [2.24, 2.45) is 5.73 Å². The number of amides is 1. The van der Waals surface area contributed by atoms with E-state index in [1.807, 2.05) is 12.1 Å². The molecule has 0 bridgehead atoms. The van der Waals surface area contributed by atoms with E-state index in [1.165, 1.54) is 6.20 Å². The number of hydrogen-bond donors (Lipinski definition) is 3. The molecular weight excluding hydrogens is 230 g/mol. The summed E-state index contributed by atoms with van der Waals surface area (Å²) in [5, 5.41) is 12.4. The molecule has 6 nitrogen and oxygen atoms in total. The molecule has 1 aromatic heterocycles. The SMILES string of the molecule is NCC#Cc1ccccc1NC(=O)c1cn[nH]n1. The van der Waals surface area contributed by atoms with Gasteiger partial charge in [-0.1, -0.05) is 24.0 Å². The Bertz CT molecular complexity index is 594. The van der Waals surface area contributed by atoms with Crippen LogP contribution in [0.15, 0.2) is 30.5 Å². The van der Waals surface area contributed by atoms with Crippen molar-refractivity contribution in [3.05, 3.63) is 41.7 Å². The number of nitrogens with two attached hydrogens (primary N) is 1. The highest BCUT2D eigenvalue weighted by molar-refractivity contribution is 6.03. The Morgan fingerprint density at radius 1 is 1.44 bits per heavy atom. The van der Waals surface area contributed by atoms with Gasteiger partial charge in [0.15, 0.2) is 5.69 Å². The standard InChI is InChI=1S/C12H11N5O/c13-7-3-5-9-4-1-2-6-10(9)15-12(18)11-8-14-17-16-11/h1-2,4,6,8H,7,13H2,(H,15,18)(H,14,16,17). The van der Waals surface area contributed by atoms with Crippen molar-refractivity contribution in [1.82, 2.24) is 15.4 Å². The molecule has 1 heterocycles. The van der Waals surface area contributed by atoms with Crippen LogP contribution in [0.2, 0.25) is 0 Å². The molecule has 2 rings (SSSR count). The summed E-state index contributed by atoms with van der Waals surface area (Å²) in [5.74, 6) is 5.29. The molecule has 0 fully saturated rings. The Balaban J connectivity index is 2.21. The van der Waals surface area contributed by atoms with Gasteiger partial charge in [0.05, 0.1) is 18.4 Å². The third-order valence-corrected chi connectivity index (χ3v) is 2.15. The van der Waals surface area contributed by atoms with Gasteiger partial charge in [-0.05, 0) is 12.1 Å². The van der Waals surface area contributed by atoms with Crippen LogP contribution >= 0.6 is 0 Å². The van der Waals surface area contributed by atoms with Gasteiger partial charge in [-0.15, -0.1) is 0 Å². The first kappa shape index (κ1) is 11.8. The van der Waals surface area contributed by atoms with E-state index in [9.17, 15) is 4.79 Å². The Labute approximate surface area is 104 Å². The zero-order chi connectivity index (χ0) is 12.8. The number of benzene rings is 1. The average Bonchev–Trinajstić information content (AvgIpc) is 2.91. The van der Waals surface area contributed by atoms with Crippen LogP contribution in [0.1, 0.15) is 16.1 Å². The maximum absolute atomic E-state index is 11.8. The number of nitrogens with zero attached hydrogens (tertiary/aromatic N) is 2. The number of carbonyl (C=O) groups excluding carboxylic acids is 1. The molecule has 1 aromatic carbocycles. The molecule has 4 N–H and O–H groups in total. The van der Waals surface area contributed by atoms with Gasteiger partial charge in [-0.3, -0.25) is 4.79 Å². The molecule has 0 spiro atoms. The smallest absolute Gasteiger partial charge is 0.277 e. The first-order valence-corrected chi connectivity index (χ1v) is 5.26. The monoisotopic (exact) mass is 241 g/mol. The van der Waals surface area contributed by atoms with E-state index >= 15 is 0 Å². The van der Waals surface area contributed by atoms with E-state index < -0.39 is 0 Å². The lowest BCUT2D eigenvalue weighted by Crippen LogP contribution is -2.13. The van der Waals surface area contributed by atoms with Crippen molar-refractivity contribution in [3.63, 3.8) is 0 Å². The summed E-state index contributed by atoms with van der Waals surface area (Å²) in [5.41, 5.74) is 6.87. The van der Waals surface area contributed by atoms with Crippen molar-refractivity contribution < 1.29 is 4.79 Å². The topological polar surface area (TPSA) is 96.7 Å². The number of para-hydroxylation sites is 1. The van der Waals surface area contributed by atoms with Gasteiger partial charge in [0.2, 0.25) is 0 Å².